The van der Waals surface area contributed by atoms with Crippen molar-refractivity contribution in [1.29, 1.82) is 0 Å². The minimum absolute atomic E-state index is 0.599. The van der Waals surface area contributed by atoms with Crippen molar-refractivity contribution < 1.29 is 0 Å². The number of aromatic nitrogens is 3. The highest BCUT2D eigenvalue weighted by Crippen LogP contribution is 2.27. The molecule has 0 amide bonds. The van der Waals surface area contributed by atoms with Crippen LogP contribution < -0.4 is 10.6 Å². The van der Waals surface area contributed by atoms with E-state index in [4.69, 9.17) is 0 Å². The zero-order valence-electron chi connectivity index (χ0n) is 17.0. The Morgan fingerprint density at radius 2 is 2.00 bits per heavy atom. The van der Waals surface area contributed by atoms with Gasteiger partial charge in [0, 0.05) is 32.4 Å². The molecule has 0 bridgehead atoms. The van der Waals surface area contributed by atoms with E-state index in [1.807, 2.05) is 35.8 Å². The smallest absolute Gasteiger partial charge is 0.191 e. The fraction of sp³-hybridized carbons (Fsp3) is 0.667. The monoisotopic (exact) mass is 383 g/mol. The Balaban J connectivity index is 1.26. The molecule has 2 aromatic rings. The fourth-order valence-corrected chi connectivity index (χ4v) is 4.68. The maximum Gasteiger partial charge on any atom is 0.191 e. The first-order chi connectivity index (χ1) is 13.8. The summed E-state index contributed by atoms with van der Waals surface area (Å²) in [5.41, 5.74) is 0.867. The SMILES string of the molecule is CN=C(NCc1nnc2ccccn12)NCC1CCCN1CC1CCCCC1. The van der Waals surface area contributed by atoms with Crippen LogP contribution >= 0.6 is 0 Å². The largest absolute Gasteiger partial charge is 0.355 e. The van der Waals surface area contributed by atoms with Crippen LogP contribution in [0.15, 0.2) is 29.4 Å². The third-order valence-corrected chi connectivity index (χ3v) is 6.24. The Labute approximate surface area is 167 Å². The number of hydrogen-bond donors (Lipinski definition) is 2. The standard InChI is InChI=1S/C21H33N7/c1-22-21(24-15-20-26-25-19-11-5-6-13-28(19)20)23-14-18-10-7-12-27(18)16-17-8-3-2-4-9-17/h5-6,11,13,17-18H,2-4,7-10,12,14-16H2,1H3,(H2,22,23,24). The van der Waals surface area contributed by atoms with Crippen LogP contribution in [0.25, 0.3) is 5.65 Å². The van der Waals surface area contributed by atoms with Crippen molar-refractivity contribution in [2.24, 2.45) is 10.9 Å². The lowest BCUT2D eigenvalue weighted by Gasteiger charge is -2.31. The first kappa shape index (κ1) is 19.2. The molecule has 0 spiro atoms. The highest BCUT2D eigenvalue weighted by atomic mass is 15.3. The average molecular weight is 384 g/mol. The molecular weight excluding hydrogens is 350 g/mol. The van der Waals surface area contributed by atoms with E-state index < -0.39 is 0 Å². The van der Waals surface area contributed by atoms with Crippen LogP contribution in [0.5, 0.6) is 0 Å². The summed E-state index contributed by atoms with van der Waals surface area (Å²) in [6.45, 7) is 4.08. The number of nitrogens with one attached hydrogen (secondary N) is 2. The number of guanidine groups is 1. The molecule has 28 heavy (non-hydrogen) atoms. The van der Waals surface area contributed by atoms with Gasteiger partial charge in [-0.15, -0.1) is 10.2 Å². The summed E-state index contributed by atoms with van der Waals surface area (Å²) >= 11 is 0. The molecule has 7 heteroatoms. The number of likely N-dealkylation sites (tertiary alicyclic amines) is 1. The van der Waals surface area contributed by atoms with E-state index in [-0.39, 0.29) is 0 Å². The quantitative estimate of drug-likeness (QED) is 0.592. The third kappa shape index (κ3) is 4.63. The first-order valence-electron chi connectivity index (χ1n) is 10.8. The molecule has 0 radical (unpaired) electrons. The summed E-state index contributed by atoms with van der Waals surface area (Å²) in [5, 5.41) is 15.4. The van der Waals surface area contributed by atoms with Gasteiger partial charge in [0.05, 0.1) is 6.54 Å². The molecule has 4 rings (SSSR count). The van der Waals surface area contributed by atoms with Gasteiger partial charge in [-0.05, 0) is 50.3 Å². The number of fused-ring (bicyclic) bond motifs is 1. The molecule has 3 heterocycles. The van der Waals surface area contributed by atoms with Crippen LogP contribution in [0.3, 0.4) is 0 Å². The van der Waals surface area contributed by atoms with Crippen molar-refractivity contribution in [3.63, 3.8) is 0 Å². The van der Waals surface area contributed by atoms with Crippen molar-refractivity contribution >= 4 is 11.6 Å². The van der Waals surface area contributed by atoms with Gasteiger partial charge < -0.3 is 10.6 Å². The summed E-state index contributed by atoms with van der Waals surface area (Å²) in [6, 6.07) is 6.55. The topological polar surface area (TPSA) is 69.8 Å². The van der Waals surface area contributed by atoms with E-state index in [9.17, 15) is 0 Å². The molecule has 1 atom stereocenters. The van der Waals surface area contributed by atoms with Crippen LogP contribution in [0.4, 0.5) is 0 Å². The highest BCUT2D eigenvalue weighted by molar-refractivity contribution is 5.79. The van der Waals surface area contributed by atoms with E-state index >= 15 is 0 Å². The molecular formula is C21H33N7. The van der Waals surface area contributed by atoms with Crippen LogP contribution in [0, 0.1) is 5.92 Å². The normalized spacial score (nSPS) is 22.0. The predicted molar refractivity (Wildman–Crippen MR) is 112 cm³/mol. The minimum atomic E-state index is 0.599. The summed E-state index contributed by atoms with van der Waals surface area (Å²) in [6.07, 6.45) is 11.7. The molecule has 0 aromatic carbocycles. The second kappa shape index (κ2) is 9.37. The van der Waals surface area contributed by atoms with Crippen LogP contribution in [-0.2, 0) is 6.54 Å². The van der Waals surface area contributed by atoms with Gasteiger partial charge in [-0.2, -0.15) is 0 Å². The van der Waals surface area contributed by atoms with Gasteiger partial charge in [0.25, 0.3) is 0 Å². The van der Waals surface area contributed by atoms with Gasteiger partial charge in [0.15, 0.2) is 17.4 Å². The summed E-state index contributed by atoms with van der Waals surface area (Å²) in [4.78, 5) is 7.10. The molecule has 2 N–H and O–H groups in total. The van der Waals surface area contributed by atoms with Gasteiger partial charge in [-0.1, -0.05) is 25.3 Å². The molecule has 2 fully saturated rings. The molecule has 1 aliphatic heterocycles. The fourth-order valence-electron chi connectivity index (χ4n) is 4.68. The molecule has 7 nitrogen and oxygen atoms in total. The molecule has 1 unspecified atom stereocenters. The van der Waals surface area contributed by atoms with Crippen LogP contribution in [-0.4, -0.2) is 58.2 Å². The zero-order valence-corrected chi connectivity index (χ0v) is 17.0. The van der Waals surface area contributed by atoms with Crippen molar-refractivity contribution in [3.8, 4) is 0 Å². The molecule has 152 valence electrons. The lowest BCUT2D eigenvalue weighted by Crippen LogP contribution is -2.45. The van der Waals surface area contributed by atoms with Crippen molar-refractivity contribution in [2.45, 2.75) is 57.5 Å². The Hall–Kier alpha value is -2.15. The number of nitrogens with zero attached hydrogens (tertiary/aromatic N) is 5. The second-order valence-corrected chi connectivity index (χ2v) is 8.15. The molecule has 2 aliphatic rings. The predicted octanol–water partition coefficient (Wildman–Crippen LogP) is 2.44. The first-order valence-corrected chi connectivity index (χ1v) is 10.8. The van der Waals surface area contributed by atoms with Gasteiger partial charge in [-0.3, -0.25) is 14.3 Å². The number of aliphatic imine (C=N–C) groups is 1. The molecule has 2 aromatic heterocycles. The Kier molecular flexibility index (Phi) is 6.41. The van der Waals surface area contributed by atoms with Crippen molar-refractivity contribution in [1.82, 2.24) is 30.1 Å². The van der Waals surface area contributed by atoms with Crippen molar-refractivity contribution in [3.05, 3.63) is 30.2 Å². The molecule has 1 saturated carbocycles. The number of hydrogen-bond acceptors (Lipinski definition) is 4. The van der Waals surface area contributed by atoms with E-state index in [0.29, 0.717) is 12.6 Å². The Bertz CT molecular complexity index is 778. The third-order valence-electron chi connectivity index (χ3n) is 6.24. The maximum absolute atomic E-state index is 4.39. The van der Waals surface area contributed by atoms with E-state index in [1.54, 1.807) is 0 Å². The Morgan fingerprint density at radius 3 is 2.86 bits per heavy atom. The molecule has 1 aliphatic carbocycles. The second-order valence-electron chi connectivity index (χ2n) is 8.15. The van der Waals surface area contributed by atoms with Crippen LogP contribution in [0.2, 0.25) is 0 Å². The van der Waals surface area contributed by atoms with Crippen LogP contribution in [0.1, 0.15) is 50.8 Å². The summed E-state index contributed by atoms with van der Waals surface area (Å²) in [5.74, 6) is 2.63. The van der Waals surface area contributed by atoms with Crippen molar-refractivity contribution in [2.75, 3.05) is 26.7 Å². The summed E-state index contributed by atoms with van der Waals surface area (Å²) in [7, 11) is 1.83. The van der Waals surface area contributed by atoms with Gasteiger partial charge in [0.2, 0.25) is 0 Å². The summed E-state index contributed by atoms with van der Waals surface area (Å²) < 4.78 is 2.00. The van der Waals surface area contributed by atoms with E-state index in [0.717, 1.165) is 29.9 Å². The van der Waals surface area contributed by atoms with E-state index in [1.165, 1.54) is 58.0 Å². The molecule has 1 saturated heterocycles. The number of pyridine rings is 1. The Morgan fingerprint density at radius 1 is 1.11 bits per heavy atom. The van der Waals surface area contributed by atoms with Gasteiger partial charge >= 0.3 is 0 Å². The minimum Gasteiger partial charge on any atom is -0.355 e. The van der Waals surface area contributed by atoms with Gasteiger partial charge in [-0.25, -0.2) is 0 Å². The average Bonchev–Trinajstić information content (AvgIpc) is 3.36. The lowest BCUT2D eigenvalue weighted by atomic mass is 9.89. The lowest BCUT2D eigenvalue weighted by molar-refractivity contribution is 0.188. The van der Waals surface area contributed by atoms with Gasteiger partial charge in [0.1, 0.15) is 0 Å². The highest BCUT2D eigenvalue weighted by Gasteiger charge is 2.27. The zero-order chi connectivity index (χ0) is 19.2. The number of rotatable bonds is 6. The maximum atomic E-state index is 4.39. The van der Waals surface area contributed by atoms with E-state index in [2.05, 4.69) is 30.7 Å².